The van der Waals surface area contributed by atoms with Crippen molar-refractivity contribution in [2.75, 3.05) is 6.54 Å². The van der Waals surface area contributed by atoms with Crippen molar-refractivity contribution < 1.29 is 0 Å². The minimum absolute atomic E-state index is 0.604. The van der Waals surface area contributed by atoms with Crippen molar-refractivity contribution in [2.24, 2.45) is 0 Å². The summed E-state index contributed by atoms with van der Waals surface area (Å²) >= 11 is 0. The van der Waals surface area contributed by atoms with Gasteiger partial charge < -0.3 is 4.98 Å². The van der Waals surface area contributed by atoms with Crippen LogP contribution in [0.5, 0.6) is 0 Å². The smallest absolute Gasteiger partial charge is 0.243 e. The zero-order chi connectivity index (χ0) is 5.82. The van der Waals surface area contributed by atoms with Crippen LogP contribution in [0.3, 0.4) is 0 Å². The molecule has 1 aromatic rings. The first-order chi connectivity index (χ1) is 3.93. The van der Waals surface area contributed by atoms with Crippen molar-refractivity contribution in [2.45, 2.75) is 6.92 Å². The Morgan fingerprint density at radius 3 is 3.25 bits per heavy atom. The maximum absolute atomic E-state index is 3.94. The molecule has 1 aromatic heterocycles. The van der Waals surface area contributed by atoms with Crippen LogP contribution in [0.4, 0.5) is 5.95 Å². The molecule has 1 heterocycles. The third-order valence-electron chi connectivity index (χ3n) is 0.712. The van der Waals surface area contributed by atoms with Crippen molar-refractivity contribution in [3.05, 3.63) is 6.33 Å². The first-order valence-electron chi connectivity index (χ1n) is 2.47. The summed E-state index contributed by atoms with van der Waals surface area (Å²) in [4.78, 5) is 2.75. The number of hydrogen-bond donors (Lipinski definition) is 1. The molecular formula is C4H7N4. The van der Waals surface area contributed by atoms with Gasteiger partial charge in [-0.2, -0.15) is 0 Å². The van der Waals surface area contributed by atoms with Crippen molar-refractivity contribution in [1.82, 2.24) is 20.5 Å². The van der Waals surface area contributed by atoms with Gasteiger partial charge >= 0.3 is 0 Å². The van der Waals surface area contributed by atoms with Crippen LogP contribution in [-0.4, -0.2) is 21.7 Å². The lowest BCUT2D eigenvalue weighted by Gasteiger charge is -1.86. The molecule has 0 aromatic carbocycles. The van der Waals surface area contributed by atoms with E-state index in [1.807, 2.05) is 6.92 Å². The van der Waals surface area contributed by atoms with Gasteiger partial charge in [-0.15, -0.1) is 10.2 Å². The number of aromatic amines is 1. The fraction of sp³-hybridized carbons (Fsp3) is 0.500. The Labute approximate surface area is 47.3 Å². The van der Waals surface area contributed by atoms with Gasteiger partial charge in [-0.05, 0) is 6.92 Å². The number of hydrogen-bond acceptors (Lipinski definition) is 2. The summed E-state index contributed by atoms with van der Waals surface area (Å²) in [6.07, 6.45) is 1.51. The van der Waals surface area contributed by atoms with Crippen LogP contribution in [0.2, 0.25) is 0 Å². The summed E-state index contributed by atoms with van der Waals surface area (Å²) in [6.45, 7) is 2.69. The predicted octanol–water partition coefficient (Wildman–Crippen LogP) is 0.0605. The van der Waals surface area contributed by atoms with Gasteiger partial charge in [-0.1, -0.05) is 0 Å². The lowest BCUT2D eigenvalue weighted by molar-refractivity contribution is 0.851. The van der Waals surface area contributed by atoms with Gasteiger partial charge in [0.05, 0.1) is 0 Å². The first kappa shape index (κ1) is 5.08. The molecule has 43 valence electrons. The third-order valence-corrected chi connectivity index (χ3v) is 0.712. The third kappa shape index (κ3) is 0.959. The van der Waals surface area contributed by atoms with E-state index in [0.717, 1.165) is 6.54 Å². The van der Waals surface area contributed by atoms with Gasteiger partial charge in [0.15, 0.2) is 0 Å². The van der Waals surface area contributed by atoms with Crippen molar-refractivity contribution in [1.29, 1.82) is 0 Å². The van der Waals surface area contributed by atoms with Crippen molar-refractivity contribution >= 4 is 5.95 Å². The Morgan fingerprint density at radius 2 is 2.75 bits per heavy atom. The van der Waals surface area contributed by atoms with Crippen LogP contribution in [0, 0.1) is 0 Å². The van der Waals surface area contributed by atoms with E-state index in [4.69, 9.17) is 0 Å². The van der Waals surface area contributed by atoms with E-state index in [0.29, 0.717) is 5.95 Å². The molecule has 0 saturated heterocycles. The molecule has 0 saturated carbocycles. The lowest BCUT2D eigenvalue weighted by atomic mass is 10.7. The first-order valence-corrected chi connectivity index (χ1v) is 2.47. The molecule has 4 nitrogen and oxygen atoms in total. The number of H-pyrrole nitrogens is 1. The van der Waals surface area contributed by atoms with Gasteiger partial charge in [0.1, 0.15) is 6.33 Å². The normalized spacial score (nSPS) is 9.12. The molecule has 0 aliphatic rings. The molecule has 0 fully saturated rings. The van der Waals surface area contributed by atoms with Crippen LogP contribution in [0.25, 0.3) is 0 Å². The summed E-state index contributed by atoms with van der Waals surface area (Å²) < 4.78 is 0. The van der Waals surface area contributed by atoms with Crippen LogP contribution >= 0.6 is 0 Å². The lowest BCUT2D eigenvalue weighted by Crippen LogP contribution is -1.95. The minimum Gasteiger partial charge on any atom is -0.312 e. The van der Waals surface area contributed by atoms with Gasteiger partial charge in [0.25, 0.3) is 0 Å². The van der Waals surface area contributed by atoms with Gasteiger partial charge in [-0.3, -0.25) is 0 Å². The monoisotopic (exact) mass is 111 g/mol. The van der Waals surface area contributed by atoms with E-state index in [1.54, 1.807) is 0 Å². The van der Waals surface area contributed by atoms with Crippen LogP contribution in [-0.2, 0) is 0 Å². The van der Waals surface area contributed by atoms with E-state index >= 15 is 0 Å². The molecule has 1 rings (SSSR count). The molecule has 0 bridgehead atoms. The van der Waals surface area contributed by atoms with E-state index in [-0.39, 0.29) is 0 Å². The fourth-order valence-electron chi connectivity index (χ4n) is 0.426. The Balaban J connectivity index is 2.50. The summed E-state index contributed by atoms with van der Waals surface area (Å²) in [7, 11) is 0. The standard InChI is InChI=1S/C4H7N4/c1-2-5-4-6-3-7-8-4/h3H,2H2,1H3,(H,6,7,8). The predicted molar refractivity (Wildman–Crippen MR) is 28.7 cm³/mol. The molecule has 0 aliphatic carbocycles. The van der Waals surface area contributed by atoms with E-state index in [2.05, 4.69) is 20.5 Å². The second-order valence-corrected chi connectivity index (χ2v) is 1.29. The minimum atomic E-state index is 0.604. The van der Waals surface area contributed by atoms with Gasteiger partial charge in [0, 0.05) is 6.54 Å². The van der Waals surface area contributed by atoms with Crippen LogP contribution < -0.4 is 5.32 Å². The molecule has 8 heavy (non-hydrogen) atoms. The molecule has 0 unspecified atom stereocenters. The van der Waals surface area contributed by atoms with E-state index in [9.17, 15) is 0 Å². The number of aromatic nitrogens is 3. The molecule has 0 amide bonds. The summed E-state index contributed by atoms with van der Waals surface area (Å²) in [5.74, 6) is 0.604. The highest BCUT2D eigenvalue weighted by molar-refractivity contribution is 5.05. The highest BCUT2D eigenvalue weighted by Crippen LogP contribution is 1.88. The molecule has 0 atom stereocenters. The number of rotatable bonds is 2. The molecule has 0 aliphatic heterocycles. The Hall–Kier alpha value is -1.06. The highest BCUT2D eigenvalue weighted by Gasteiger charge is 1.88. The summed E-state index contributed by atoms with van der Waals surface area (Å²) in [5.41, 5.74) is 0. The molecular weight excluding hydrogens is 104 g/mol. The molecule has 4 heteroatoms. The molecule has 1 N–H and O–H groups in total. The maximum Gasteiger partial charge on any atom is 0.243 e. The van der Waals surface area contributed by atoms with Crippen molar-refractivity contribution in [3.8, 4) is 0 Å². The topological polar surface area (TPSA) is 55.7 Å². The second-order valence-electron chi connectivity index (χ2n) is 1.29. The zero-order valence-corrected chi connectivity index (χ0v) is 4.63. The average molecular weight is 111 g/mol. The zero-order valence-electron chi connectivity index (χ0n) is 4.63. The molecule has 0 spiro atoms. The van der Waals surface area contributed by atoms with Crippen LogP contribution in [0.15, 0.2) is 6.33 Å². The second kappa shape index (κ2) is 2.30. The Bertz CT molecular complexity index is 134. The molecule has 1 radical (unpaired) electrons. The van der Waals surface area contributed by atoms with Gasteiger partial charge in [-0.25, -0.2) is 5.32 Å². The van der Waals surface area contributed by atoms with E-state index < -0.39 is 0 Å². The largest absolute Gasteiger partial charge is 0.312 e. The Kier molecular flexibility index (Phi) is 1.46. The van der Waals surface area contributed by atoms with E-state index in [1.165, 1.54) is 6.33 Å². The maximum atomic E-state index is 3.94. The summed E-state index contributed by atoms with van der Waals surface area (Å²) in [5, 5.41) is 11.1. The highest BCUT2D eigenvalue weighted by atomic mass is 15.3. The van der Waals surface area contributed by atoms with Gasteiger partial charge in [0.2, 0.25) is 5.95 Å². The average Bonchev–Trinajstić information content (AvgIpc) is 2.19. The summed E-state index contributed by atoms with van der Waals surface area (Å²) in [6, 6.07) is 0. The quantitative estimate of drug-likeness (QED) is 0.586. The SMILES string of the molecule is CC[N]c1nnc[nH]1. The number of nitrogens with zero attached hydrogens (tertiary/aromatic N) is 3. The Morgan fingerprint density at radius 1 is 1.88 bits per heavy atom. The van der Waals surface area contributed by atoms with Crippen molar-refractivity contribution in [3.63, 3.8) is 0 Å². The fourth-order valence-corrected chi connectivity index (χ4v) is 0.426. The number of nitrogens with one attached hydrogen (secondary N) is 1. The van der Waals surface area contributed by atoms with Crippen LogP contribution in [0.1, 0.15) is 6.92 Å².